The van der Waals surface area contributed by atoms with Crippen molar-refractivity contribution in [2.45, 2.75) is 65.0 Å². The van der Waals surface area contributed by atoms with Gasteiger partial charge in [-0.1, -0.05) is 58.9 Å². The predicted molar refractivity (Wildman–Crippen MR) is 126 cm³/mol. The first-order chi connectivity index (χ1) is 15.1. The van der Waals surface area contributed by atoms with Gasteiger partial charge >= 0.3 is 6.03 Å². The maximum atomic E-state index is 13.3. The number of urea groups is 1. The van der Waals surface area contributed by atoms with Gasteiger partial charge in [-0.25, -0.2) is 13.2 Å². The van der Waals surface area contributed by atoms with Crippen LogP contribution < -0.4 is 5.32 Å². The second-order valence-electron chi connectivity index (χ2n) is 10.8. The van der Waals surface area contributed by atoms with Crippen LogP contribution in [0.5, 0.6) is 0 Å². The van der Waals surface area contributed by atoms with Crippen LogP contribution >= 0.6 is 0 Å². The van der Waals surface area contributed by atoms with E-state index in [2.05, 4.69) is 26.1 Å². The molecule has 1 aromatic carbocycles. The molecule has 0 spiro atoms. The van der Waals surface area contributed by atoms with E-state index in [1.54, 1.807) is 6.92 Å². The Kier molecular flexibility index (Phi) is 6.68. The fourth-order valence-corrected chi connectivity index (χ4v) is 6.17. The molecule has 0 radical (unpaired) electrons. The van der Waals surface area contributed by atoms with Gasteiger partial charge in [0.15, 0.2) is 9.84 Å². The zero-order valence-corrected chi connectivity index (χ0v) is 21.2. The minimum Gasteiger partial charge on any atom is -0.337 e. The molecule has 2 aliphatic rings. The summed E-state index contributed by atoms with van der Waals surface area (Å²) >= 11 is 0. The van der Waals surface area contributed by atoms with E-state index in [-0.39, 0.29) is 22.8 Å². The fourth-order valence-electron chi connectivity index (χ4n) is 4.43. The van der Waals surface area contributed by atoms with E-state index in [1.807, 2.05) is 38.1 Å². The van der Waals surface area contributed by atoms with Crippen LogP contribution in [0.25, 0.3) is 0 Å². The number of nitrogens with zero attached hydrogens (tertiary/aromatic N) is 2. The van der Waals surface area contributed by atoms with Crippen molar-refractivity contribution in [2.75, 3.05) is 24.6 Å². The normalized spacial score (nSPS) is 24.9. The molecule has 33 heavy (non-hydrogen) atoms. The van der Waals surface area contributed by atoms with Gasteiger partial charge in [-0.05, 0) is 35.8 Å². The molecule has 2 heterocycles. The van der Waals surface area contributed by atoms with Crippen molar-refractivity contribution in [1.82, 2.24) is 15.1 Å². The number of imide groups is 1. The van der Waals surface area contributed by atoms with E-state index in [9.17, 15) is 22.8 Å². The molecule has 182 valence electrons. The summed E-state index contributed by atoms with van der Waals surface area (Å²) in [7, 11) is -3.18. The van der Waals surface area contributed by atoms with Crippen molar-refractivity contribution in [1.29, 1.82) is 0 Å². The molecule has 0 aliphatic carbocycles. The predicted octanol–water partition coefficient (Wildman–Crippen LogP) is 2.42. The molecule has 1 N–H and O–H groups in total. The quantitative estimate of drug-likeness (QED) is 0.634. The molecule has 4 amide bonds. The summed E-state index contributed by atoms with van der Waals surface area (Å²) in [5.41, 5.74) is 0.432. The van der Waals surface area contributed by atoms with Crippen molar-refractivity contribution in [3.63, 3.8) is 0 Å². The Hall–Kier alpha value is -2.42. The van der Waals surface area contributed by atoms with Gasteiger partial charge in [-0.15, -0.1) is 0 Å². The molecule has 0 bridgehead atoms. The Morgan fingerprint density at radius 2 is 1.82 bits per heavy atom. The van der Waals surface area contributed by atoms with Crippen molar-refractivity contribution in [2.24, 2.45) is 5.92 Å². The first-order valence-corrected chi connectivity index (χ1v) is 13.2. The van der Waals surface area contributed by atoms with Gasteiger partial charge in [0.1, 0.15) is 12.1 Å². The summed E-state index contributed by atoms with van der Waals surface area (Å²) in [6.45, 7) is 11.8. The minimum atomic E-state index is -3.18. The molecule has 2 saturated heterocycles. The zero-order valence-electron chi connectivity index (χ0n) is 20.3. The average molecular weight is 478 g/mol. The fraction of sp³-hybridized carbons (Fsp3) is 0.625. The first kappa shape index (κ1) is 25.2. The average Bonchev–Trinajstić information content (AvgIpc) is 3.17. The van der Waals surface area contributed by atoms with Crippen LogP contribution in [0.15, 0.2) is 24.3 Å². The lowest BCUT2D eigenvalue weighted by Crippen LogP contribution is -2.49. The highest BCUT2D eigenvalue weighted by Gasteiger charge is 2.50. The van der Waals surface area contributed by atoms with Gasteiger partial charge in [-0.3, -0.25) is 14.5 Å². The minimum absolute atomic E-state index is 0.0469. The van der Waals surface area contributed by atoms with E-state index in [0.717, 1.165) is 10.5 Å². The third-order valence-electron chi connectivity index (χ3n) is 6.43. The molecule has 8 nitrogen and oxygen atoms in total. The van der Waals surface area contributed by atoms with Gasteiger partial charge in [0.2, 0.25) is 5.91 Å². The largest absolute Gasteiger partial charge is 0.337 e. The molecule has 2 aliphatic heterocycles. The summed E-state index contributed by atoms with van der Waals surface area (Å²) in [6.07, 6.45) is 0.374. The lowest BCUT2D eigenvalue weighted by molar-refractivity contribution is -0.140. The summed E-state index contributed by atoms with van der Waals surface area (Å²) in [5, 5.41) is 2.74. The van der Waals surface area contributed by atoms with Crippen LogP contribution in [0.1, 0.15) is 59.1 Å². The molecular formula is C24H35N3O5S. The van der Waals surface area contributed by atoms with Crippen LogP contribution in [0.2, 0.25) is 0 Å². The molecule has 0 unspecified atom stereocenters. The lowest BCUT2D eigenvalue weighted by Gasteiger charge is -2.31. The van der Waals surface area contributed by atoms with E-state index in [0.29, 0.717) is 18.5 Å². The molecule has 2 fully saturated rings. The number of carbonyl (C=O) groups is 3. The second kappa shape index (κ2) is 8.74. The third-order valence-corrected chi connectivity index (χ3v) is 8.18. The van der Waals surface area contributed by atoms with Gasteiger partial charge in [0.25, 0.3) is 5.91 Å². The number of rotatable bonds is 6. The van der Waals surface area contributed by atoms with E-state index >= 15 is 0 Å². The van der Waals surface area contributed by atoms with Crippen LogP contribution in [0.4, 0.5) is 4.79 Å². The Morgan fingerprint density at radius 3 is 2.30 bits per heavy atom. The van der Waals surface area contributed by atoms with E-state index in [4.69, 9.17) is 0 Å². The molecule has 0 aromatic heterocycles. The van der Waals surface area contributed by atoms with Gasteiger partial charge in [-0.2, -0.15) is 0 Å². The van der Waals surface area contributed by atoms with Gasteiger partial charge < -0.3 is 10.2 Å². The highest BCUT2D eigenvalue weighted by atomic mass is 32.2. The summed E-state index contributed by atoms with van der Waals surface area (Å²) < 4.78 is 23.9. The van der Waals surface area contributed by atoms with Crippen LogP contribution in [-0.2, 0) is 30.4 Å². The molecule has 1 aromatic rings. The Balaban J connectivity index is 1.80. The van der Waals surface area contributed by atoms with Crippen LogP contribution in [0, 0.1) is 5.92 Å². The molecule has 3 rings (SSSR count). The topological polar surface area (TPSA) is 104 Å². The first-order valence-electron chi connectivity index (χ1n) is 11.4. The van der Waals surface area contributed by atoms with Crippen LogP contribution in [-0.4, -0.2) is 66.7 Å². The summed E-state index contributed by atoms with van der Waals surface area (Å²) in [5.74, 6) is -0.823. The maximum Gasteiger partial charge on any atom is 0.325 e. The monoisotopic (exact) mass is 477 g/mol. The molecule has 9 heteroatoms. The van der Waals surface area contributed by atoms with Crippen LogP contribution in [0.3, 0.4) is 0 Å². The highest BCUT2D eigenvalue weighted by Crippen LogP contribution is 2.31. The zero-order chi connectivity index (χ0) is 24.8. The van der Waals surface area contributed by atoms with Gasteiger partial charge in [0.05, 0.1) is 11.5 Å². The number of hydrogen-bond acceptors (Lipinski definition) is 5. The number of amides is 4. The summed E-state index contributed by atoms with van der Waals surface area (Å²) in [6, 6.07) is 6.50. The molecular weight excluding hydrogens is 442 g/mol. The Labute approximate surface area is 196 Å². The maximum absolute atomic E-state index is 13.3. The van der Waals surface area contributed by atoms with E-state index < -0.39 is 45.8 Å². The summed E-state index contributed by atoms with van der Waals surface area (Å²) in [4.78, 5) is 41.7. The Morgan fingerprint density at radius 1 is 1.21 bits per heavy atom. The Bertz CT molecular complexity index is 1040. The van der Waals surface area contributed by atoms with E-state index in [1.165, 1.54) is 4.90 Å². The smallest absolute Gasteiger partial charge is 0.325 e. The SMILES string of the molecule is CC(C)CN(C(=O)CN1C(=O)N[C@@](C)(c2ccc(C(C)(C)C)cc2)C1=O)[C@@H]1CCS(=O)(=O)C1. The molecule has 0 saturated carbocycles. The lowest BCUT2D eigenvalue weighted by atomic mass is 9.84. The van der Waals surface area contributed by atoms with Crippen molar-refractivity contribution in [3.8, 4) is 0 Å². The number of sulfone groups is 1. The number of benzene rings is 1. The number of nitrogens with one attached hydrogen (secondary N) is 1. The van der Waals surface area contributed by atoms with Crippen molar-refractivity contribution < 1.29 is 22.8 Å². The van der Waals surface area contributed by atoms with Gasteiger partial charge in [0, 0.05) is 12.6 Å². The second-order valence-corrected chi connectivity index (χ2v) is 13.0. The highest BCUT2D eigenvalue weighted by molar-refractivity contribution is 7.91. The number of hydrogen-bond donors (Lipinski definition) is 1. The standard InChI is InChI=1S/C24H35N3O5S/c1-16(2)13-26(19-11-12-33(31,32)15-19)20(28)14-27-21(29)24(6,25-22(27)30)18-9-7-17(8-10-18)23(3,4)5/h7-10,16,19H,11-15H2,1-6H3,(H,25,30)/t19-,24+/m1/s1. The third kappa shape index (κ3) is 5.23. The van der Waals surface area contributed by atoms with Crippen molar-refractivity contribution in [3.05, 3.63) is 35.4 Å². The van der Waals surface area contributed by atoms with Crippen molar-refractivity contribution >= 4 is 27.7 Å². The molecule has 2 atom stereocenters. The number of carbonyl (C=O) groups excluding carboxylic acids is 3.